The molecule has 1 unspecified atom stereocenters. The largest absolute Gasteiger partial charge is 0.368 e. The minimum atomic E-state index is 0.310. The third kappa shape index (κ3) is 3.41. The zero-order valence-corrected chi connectivity index (χ0v) is 17.8. The predicted molar refractivity (Wildman–Crippen MR) is 120 cm³/mol. The summed E-state index contributed by atoms with van der Waals surface area (Å²) in [6, 6.07) is 14.4. The fourth-order valence-corrected chi connectivity index (χ4v) is 4.35. The molecule has 5 heterocycles. The molecule has 6 rings (SSSR count). The van der Waals surface area contributed by atoms with Gasteiger partial charge < -0.3 is 4.90 Å². The van der Waals surface area contributed by atoms with Crippen LogP contribution in [0.5, 0.6) is 0 Å². The van der Waals surface area contributed by atoms with Gasteiger partial charge in [-0.15, -0.1) is 9.73 Å². The minimum absolute atomic E-state index is 0.310. The maximum absolute atomic E-state index is 4.75. The van der Waals surface area contributed by atoms with Crippen LogP contribution < -0.4 is 4.90 Å². The van der Waals surface area contributed by atoms with E-state index in [2.05, 4.69) is 43.4 Å². The Bertz CT molecular complexity index is 1360. The topological polar surface area (TPSA) is 82.0 Å². The Morgan fingerprint density at radius 3 is 2.75 bits per heavy atom. The molecule has 9 heteroatoms. The van der Waals surface area contributed by atoms with Gasteiger partial charge in [-0.3, -0.25) is 4.68 Å². The van der Waals surface area contributed by atoms with Gasteiger partial charge >= 0.3 is 0 Å². The Morgan fingerprint density at radius 1 is 1.00 bits per heavy atom. The van der Waals surface area contributed by atoms with Crippen molar-refractivity contribution in [2.24, 2.45) is 7.05 Å². The van der Waals surface area contributed by atoms with E-state index in [1.807, 2.05) is 60.9 Å². The standard InChI is InChI=1S/C23H23N9/c1-29-14-19(11-25-29)20-7-8-21-22(12-26-32(21)27-20)30-10-9-18(15-30)23-24-16-31(28-23)13-17-5-3-2-4-6-17/h2-8,11-12,14,16,18H,9-10,13,15H2,1H3. The third-order valence-electron chi connectivity index (χ3n) is 6.01. The van der Waals surface area contributed by atoms with Crippen molar-refractivity contribution < 1.29 is 0 Å². The molecule has 4 aromatic heterocycles. The fourth-order valence-electron chi connectivity index (χ4n) is 4.35. The summed E-state index contributed by atoms with van der Waals surface area (Å²) in [6.45, 7) is 2.56. The fraction of sp³-hybridized carbons (Fsp3) is 0.261. The normalized spacial score (nSPS) is 16.3. The second-order valence-electron chi connectivity index (χ2n) is 8.24. The van der Waals surface area contributed by atoms with E-state index in [1.54, 1.807) is 9.31 Å². The van der Waals surface area contributed by atoms with Crippen molar-refractivity contribution in [3.63, 3.8) is 0 Å². The number of nitrogens with zero attached hydrogens (tertiary/aromatic N) is 9. The van der Waals surface area contributed by atoms with Crippen molar-refractivity contribution in [1.82, 2.24) is 39.4 Å². The van der Waals surface area contributed by atoms with Gasteiger partial charge in [0.25, 0.3) is 0 Å². The second-order valence-corrected chi connectivity index (χ2v) is 8.24. The van der Waals surface area contributed by atoms with Crippen molar-refractivity contribution in [2.45, 2.75) is 18.9 Å². The average Bonchev–Trinajstić information content (AvgIpc) is 3.60. The van der Waals surface area contributed by atoms with Crippen LogP contribution in [0.4, 0.5) is 5.69 Å². The van der Waals surface area contributed by atoms with Gasteiger partial charge in [-0.25, -0.2) is 9.67 Å². The van der Waals surface area contributed by atoms with Crippen LogP contribution in [0, 0.1) is 0 Å². The zero-order chi connectivity index (χ0) is 21.5. The summed E-state index contributed by atoms with van der Waals surface area (Å²) in [5, 5.41) is 18.2. The van der Waals surface area contributed by atoms with Crippen LogP contribution >= 0.6 is 0 Å². The molecule has 0 bridgehead atoms. The highest BCUT2D eigenvalue weighted by molar-refractivity contribution is 5.74. The lowest BCUT2D eigenvalue weighted by molar-refractivity contribution is 0.642. The van der Waals surface area contributed by atoms with E-state index in [0.717, 1.165) is 54.3 Å². The first-order valence-electron chi connectivity index (χ1n) is 10.8. The molecule has 160 valence electrons. The first-order valence-corrected chi connectivity index (χ1v) is 10.8. The van der Waals surface area contributed by atoms with Gasteiger partial charge in [0, 0.05) is 37.8 Å². The first-order chi connectivity index (χ1) is 15.7. The minimum Gasteiger partial charge on any atom is -0.368 e. The van der Waals surface area contributed by atoms with E-state index in [9.17, 15) is 0 Å². The number of fused-ring (bicyclic) bond motifs is 1. The molecule has 1 aliphatic heterocycles. The Kier molecular flexibility index (Phi) is 4.45. The second kappa shape index (κ2) is 7.60. The zero-order valence-electron chi connectivity index (χ0n) is 17.8. The van der Waals surface area contributed by atoms with Crippen molar-refractivity contribution in [3.8, 4) is 11.3 Å². The van der Waals surface area contributed by atoms with Crippen LogP contribution in [0.1, 0.15) is 23.7 Å². The van der Waals surface area contributed by atoms with Crippen molar-refractivity contribution >= 4 is 11.2 Å². The summed E-state index contributed by atoms with van der Waals surface area (Å²) < 4.78 is 5.40. The van der Waals surface area contributed by atoms with Crippen molar-refractivity contribution in [1.29, 1.82) is 0 Å². The summed E-state index contributed by atoms with van der Waals surface area (Å²) in [4.78, 5) is 6.96. The molecule has 0 aliphatic carbocycles. The molecule has 0 saturated carbocycles. The van der Waals surface area contributed by atoms with E-state index in [4.69, 9.17) is 5.10 Å². The lowest BCUT2D eigenvalue weighted by Gasteiger charge is -2.16. The van der Waals surface area contributed by atoms with Gasteiger partial charge in [0.05, 0.1) is 30.3 Å². The van der Waals surface area contributed by atoms with E-state index < -0.39 is 0 Å². The van der Waals surface area contributed by atoms with Crippen LogP contribution in [0.15, 0.2) is 67.4 Å². The van der Waals surface area contributed by atoms with E-state index >= 15 is 0 Å². The van der Waals surface area contributed by atoms with Gasteiger partial charge in [-0.05, 0) is 24.1 Å². The lowest BCUT2D eigenvalue weighted by Crippen LogP contribution is -2.19. The SMILES string of the molecule is Cn1cc(-c2ccc3c(N4CCC(c5ncn(Cc6ccccc6)n5)C4)cnn3n2)cn1. The molecule has 1 aromatic carbocycles. The van der Waals surface area contributed by atoms with Crippen LogP contribution in [0.25, 0.3) is 16.8 Å². The molecular formula is C23H23N9. The van der Waals surface area contributed by atoms with E-state index in [-0.39, 0.29) is 0 Å². The van der Waals surface area contributed by atoms with Gasteiger partial charge in [0.15, 0.2) is 5.82 Å². The van der Waals surface area contributed by atoms with E-state index in [0.29, 0.717) is 5.92 Å². The quantitative estimate of drug-likeness (QED) is 0.431. The molecule has 0 amide bonds. The molecule has 32 heavy (non-hydrogen) atoms. The highest BCUT2D eigenvalue weighted by Gasteiger charge is 2.28. The molecule has 0 N–H and O–H groups in total. The molecule has 5 aromatic rings. The van der Waals surface area contributed by atoms with Gasteiger partial charge in [-0.1, -0.05) is 30.3 Å². The van der Waals surface area contributed by atoms with Crippen molar-refractivity contribution in [2.75, 3.05) is 18.0 Å². The molecular weight excluding hydrogens is 402 g/mol. The number of benzene rings is 1. The first kappa shape index (κ1) is 18.7. The highest BCUT2D eigenvalue weighted by atomic mass is 15.4. The van der Waals surface area contributed by atoms with Crippen LogP contribution in [0.2, 0.25) is 0 Å². The molecule has 1 atom stereocenters. The summed E-state index contributed by atoms with van der Waals surface area (Å²) in [7, 11) is 1.90. The number of anilines is 1. The Labute approximate surface area is 184 Å². The average molecular weight is 426 g/mol. The molecule has 9 nitrogen and oxygen atoms in total. The predicted octanol–water partition coefficient (Wildman–Crippen LogP) is 2.76. The Morgan fingerprint density at radius 2 is 1.91 bits per heavy atom. The summed E-state index contributed by atoms with van der Waals surface area (Å²) in [5.41, 5.74) is 5.15. The van der Waals surface area contributed by atoms with Gasteiger partial charge in [-0.2, -0.15) is 15.3 Å². The smallest absolute Gasteiger partial charge is 0.155 e. The molecule has 0 spiro atoms. The summed E-state index contributed by atoms with van der Waals surface area (Å²) >= 11 is 0. The molecule has 0 radical (unpaired) electrons. The van der Waals surface area contributed by atoms with Crippen molar-refractivity contribution in [3.05, 3.63) is 78.8 Å². The maximum atomic E-state index is 4.75. The molecule has 1 saturated heterocycles. The Hall–Kier alpha value is -4.01. The monoisotopic (exact) mass is 425 g/mol. The number of hydrogen-bond acceptors (Lipinski definition) is 6. The number of hydrogen-bond donors (Lipinski definition) is 0. The number of rotatable bonds is 5. The Balaban J connectivity index is 1.19. The molecule has 1 aliphatic rings. The van der Waals surface area contributed by atoms with Crippen LogP contribution in [-0.4, -0.2) is 52.5 Å². The molecule has 1 fully saturated rings. The van der Waals surface area contributed by atoms with Gasteiger partial charge in [0.2, 0.25) is 0 Å². The highest BCUT2D eigenvalue weighted by Crippen LogP contribution is 2.31. The van der Waals surface area contributed by atoms with Gasteiger partial charge in [0.1, 0.15) is 11.8 Å². The van der Waals surface area contributed by atoms with E-state index in [1.165, 1.54) is 5.56 Å². The summed E-state index contributed by atoms with van der Waals surface area (Å²) in [5.74, 6) is 1.22. The number of aryl methyl sites for hydroxylation is 1. The number of aromatic nitrogens is 8. The van der Waals surface area contributed by atoms with Crippen LogP contribution in [0.3, 0.4) is 0 Å². The maximum Gasteiger partial charge on any atom is 0.155 e. The summed E-state index contributed by atoms with van der Waals surface area (Å²) in [6.07, 6.45) is 8.53. The third-order valence-corrected chi connectivity index (χ3v) is 6.01. The van der Waals surface area contributed by atoms with Crippen LogP contribution in [-0.2, 0) is 13.6 Å². The lowest BCUT2D eigenvalue weighted by atomic mass is 10.1.